The highest BCUT2D eigenvalue weighted by molar-refractivity contribution is 5.88. The maximum absolute atomic E-state index is 13.4. The zero-order valence-corrected chi connectivity index (χ0v) is 32.9. The van der Waals surface area contributed by atoms with Crippen LogP contribution in [0.25, 0.3) is 22.1 Å². The maximum Gasteiger partial charge on any atom is 0.416 e. The summed E-state index contributed by atoms with van der Waals surface area (Å²) < 4.78 is 117. The summed E-state index contributed by atoms with van der Waals surface area (Å²) in [6, 6.07) is 17.7. The van der Waals surface area contributed by atoms with Gasteiger partial charge in [0.2, 0.25) is 11.9 Å². The van der Waals surface area contributed by atoms with Gasteiger partial charge in [0.25, 0.3) is 6.43 Å². The Labute approximate surface area is 349 Å². The molecular formula is C42H40F8N10O2. The number of hydrogen-bond donors (Lipinski definition) is 2. The number of ether oxygens (including phenoxy) is 2. The molecule has 2 aromatic carbocycles. The normalized spacial score (nSPS) is 17.8. The van der Waals surface area contributed by atoms with Crippen LogP contribution in [0.1, 0.15) is 41.5 Å². The molecule has 2 saturated heterocycles. The molecule has 3 fully saturated rings. The number of rotatable bonds is 9. The van der Waals surface area contributed by atoms with Crippen LogP contribution >= 0.6 is 0 Å². The van der Waals surface area contributed by atoms with Crippen molar-refractivity contribution in [2.45, 2.75) is 62.8 Å². The minimum absolute atomic E-state index is 0.00954. The molecule has 1 saturated carbocycles. The molecule has 3 aliphatic rings. The molecule has 20 heteroatoms. The Bertz CT molecular complexity index is 2510. The molecule has 0 bridgehead atoms. The molecule has 1 aliphatic carbocycles. The Hall–Kier alpha value is -6.02. The monoisotopic (exact) mass is 868 g/mol. The predicted octanol–water partition coefficient (Wildman–Crippen LogP) is 8.54. The third kappa shape index (κ3) is 9.25. The van der Waals surface area contributed by atoms with E-state index < -0.39 is 36.0 Å². The summed E-state index contributed by atoms with van der Waals surface area (Å²) in [5, 5.41) is 7.22. The lowest BCUT2D eigenvalue weighted by Crippen LogP contribution is -2.61. The average molecular weight is 869 g/mol. The molecule has 6 aromatic rings. The van der Waals surface area contributed by atoms with Gasteiger partial charge in [0, 0.05) is 38.6 Å². The number of morpholine rings is 2. The molecular weight excluding hydrogens is 829 g/mol. The van der Waals surface area contributed by atoms with Gasteiger partial charge in [-0.2, -0.15) is 46.3 Å². The molecule has 0 amide bonds. The van der Waals surface area contributed by atoms with E-state index in [9.17, 15) is 35.1 Å². The number of pyridine rings is 2. The highest BCUT2D eigenvalue weighted by Gasteiger charge is 2.46. The number of benzene rings is 2. The van der Waals surface area contributed by atoms with Gasteiger partial charge in [-0.1, -0.05) is 36.4 Å². The lowest BCUT2D eigenvalue weighted by atomic mass is 9.75. The highest BCUT2D eigenvalue weighted by atomic mass is 19.4. The summed E-state index contributed by atoms with van der Waals surface area (Å²) in [5.41, 5.74) is -0.460. The molecule has 62 heavy (non-hydrogen) atoms. The summed E-state index contributed by atoms with van der Waals surface area (Å²) in [6.07, 6.45) is -6.50. The first-order valence-electron chi connectivity index (χ1n) is 19.8. The van der Waals surface area contributed by atoms with E-state index in [2.05, 4.69) is 40.5 Å². The zero-order chi connectivity index (χ0) is 43.5. The van der Waals surface area contributed by atoms with Crippen LogP contribution in [-0.4, -0.2) is 87.4 Å². The molecule has 6 heterocycles. The topological polar surface area (TPSA) is 126 Å². The number of hydrogen-bond acceptors (Lipinski definition) is 12. The van der Waals surface area contributed by atoms with Gasteiger partial charge in [0.15, 0.2) is 11.3 Å². The molecule has 9 rings (SSSR count). The number of aromatic nitrogens is 6. The van der Waals surface area contributed by atoms with Crippen LogP contribution in [0.4, 0.5) is 58.7 Å². The molecule has 1 atom stereocenters. The summed E-state index contributed by atoms with van der Waals surface area (Å²) in [5.74, 6) is 1.45. The first kappa shape index (κ1) is 42.7. The van der Waals surface area contributed by atoms with E-state index >= 15 is 0 Å². The van der Waals surface area contributed by atoms with Gasteiger partial charge in [-0.25, -0.2) is 18.7 Å². The van der Waals surface area contributed by atoms with Crippen LogP contribution in [0.2, 0.25) is 0 Å². The zero-order valence-electron chi connectivity index (χ0n) is 32.9. The van der Waals surface area contributed by atoms with Crippen molar-refractivity contribution in [1.29, 1.82) is 0 Å². The fourth-order valence-corrected chi connectivity index (χ4v) is 7.75. The summed E-state index contributed by atoms with van der Waals surface area (Å²) in [7, 11) is 0. The first-order valence-corrected chi connectivity index (χ1v) is 19.8. The number of nitrogens with zero attached hydrogens (tertiary/aromatic N) is 8. The van der Waals surface area contributed by atoms with Gasteiger partial charge in [-0.15, -0.1) is 0 Å². The maximum atomic E-state index is 13.4. The summed E-state index contributed by atoms with van der Waals surface area (Å²) >= 11 is 0. The smallest absolute Gasteiger partial charge is 0.377 e. The van der Waals surface area contributed by atoms with E-state index in [0.29, 0.717) is 60.1 Å². The minimum atomic E-state index is -4.49. The van der Waals surface area contributed by atoms with Gasteiger partial charge >= 0.3 is 12.4 Å². The molecule has 2 N–H and O–H groups in total. The number of anilines is 4. The Morgan fingerprint density at radius 2 is 1.23 bits per heavy atom. The number of alkyl halides is 8. The van der Waals surface area contributed by atoms with Crippen molar-refractivity contribution in [3.63, 3.8) is 0 Å². The van der Waals surface area contributed by atoms with Crippen LogP contribution in [0.5, 0.6) is 0 Å². The van der Waals surface area contributed by atoms with Gasteiger partial charge < -0.3 is 29.9 Å². The van der Waals surface area contributed by atoms with Gasteiger partial charge in [0.1, 0.15) is 17.7 Å². The van der Waals surface area contributed by atoms with Crippen molar-refractivity contribution >= 4 is 45.6 Å². The number of halogens is 8. The van der Waals surface area contributed by atoms with E-state index in [1.165, 1.54) is 36.5 Å². The molecule has 1 spiro atoms. The SMILES string of the molecule is FC(F)(F)c1ccccc1CNc1nc(N2CCOCC23CCC3)nc2ncccc12.FC(F)C1CN(c2nc(NCc3ccccc3C(F)(F)F)c3cccnc3n2)CCO1. The second-order valence-corrected chi connectivity index (χ2v) is 15.0. The van der Waals surface area contributed by atoms with Crippen molar-refractivity contribution in [3.05, 3.63) is 107 Å². The van der Waals surface area contributed by atoms with Crippen LogP contribution in [-0.2, 0) is 34.9 Å². The Kier molecular flexibility index (Phi) is 12.2. The third-order valence-electron chi connectivity index (χ3n) is 11.0. The molecule has 326 valence electrons. The van der Waals surface area contributed by atoms with Gasteiger partial charge in [0.05, 0.1) is 53.8 Å². The predicted molar refractivity (Wildman–Crippen MR) is 215 cm³/mol. The summed E-state index contributed by atoms with van der Waals surface area (Å²) in [6.45, 7) is 2.04. The summed E-state index contributed by atoms with van der Waals surface area (Å²) in [4.78, 5) is 30.5. The van der Waals surface area contributed by atoms with E-state index in [-0.39, 0.29) is 54.7 Å². The van der Waals surface area contributed by atoms with Crippen molar-refractivity contribution in [3.8, 4) is 0 Å². The average Bonchev–Trinajstić information content (AvgIpc) is 3.26. The van der Waals surface area contributed by atoms with Crippen molar-refractivity contribution in [2.75, 3.05) is 59.9 Å². The van der Waals surface area contributed by atoms with Gasteiger partial charge in [-0.05, 0) is 66.8 Å². The lowest BCUT2D eigenvalue weighted by Gasteiger charge is -2.52. The van der Waals surface area contributed by atoms with E-state index in [1.54, 1.807) is 35.4 Å². The third-order valence-corrected chi connectivity index (χ3v) is 11.0. The van der Waals surface area contributed by atoms with Crippen molar-refractivity contribution in [2.24, 2.45) is 0 Å². The van der Waals surface area contributed by atoms with Crippen LogP contribution in [0, 0.1) is 0 Å². The lowest BCUT2D eigenvalue weighted by molar-refractivity contribution is -0.139. The molecule has 1 unspecified atom stereocenters. The van der Waals surface area contributed by atoms with Crippen LogP contribution in [0.3, 0.4) is 0 Å². The fraction of sp³-hybridized carbons (Fsp3) is 0.381. The Morgan fingerprint density at radius 1 is 0.677 bits per heavy atom. The first-order chi connectivity index (χ1) is 29.8. The molecule has 2 aliphatic heterocycles. The van der Waals surface area contributed by atoms with Crippen molar-refractivity contribution < 1.29 is 44.6 Å². The fourth-order valence-electron chi connectivity index (χ4n) is 7.75. The number of nitrogens with one attached hydrogen (secondary N) is 2. The standard InChI is InChI=1S/C22H22F3N5O.C20H18F5N5O/c23-22(24,25)17-7-2-1-5-15(17)13-27-19-16-6-3-10-26-18(16)28-20(29-19)30-11-12-31-14-21(30)8-4-9-21;21-16(22)15-11-30(8-9-31-15)19-28-17-13(5-3-7-26-17)18(29-19)27-10-12-4-1-2-6-14(12)20(23,24)25/h1-3,5-7,10H,4,8-9,11-14H2,(H,26,27,28,29);1-7,15-16H,8-11H2,(H,26,27,28,29). The van der Waals surface area contributed by atoms with E-state index in [4.69, 9.17) is 14.5 Å². The van der Waals surface area contributed by atoms with Crippen LogP contribution < -0.4 is 20.4 Å². The van der Waals surface area contributed by atoms with E-state index in [1.807, 2.05) is 6.07 Å². The van der Waals surface area contributed by atoms with Crippen molar-refractivity contribution in [1.82, 2.24) is 29.9 Å². The van der Waals surface area contributed by atoms with E-state index in [0.717, 1.165) is 31.4 Å². The largest absolute Gasteiger partial charge is 0.416 e. The van der Waals surface area contributed by atoms with Gasteiger partial charge in [-0.3, -0.25) is 0 Å². The second kappa shape index (κ2) is 17.8. The Morgan fingerprint density at radius 3 is 1.76 bits per heavy atom. The molecule has 4 aromatic heterocycles. The second-order valence-electron chi connectivity index (χ2n) is 15.0. The minimum Gasteiger partial charge on any atom is -0.377 e. The highest BCUT2D eigenvalue weighted by Crippen LogP contribution is 2.42. The van der Waals surface area contributed by atoms with Crippen LogP contribution in [0.15, 0.2) is 85.2 Å². The molecule has 0 radical (unpaired) electrons. The Balaban J connectivity index is 0.000000171. The molecule has 12 nitrogen and oxygen atoms in total. The number of fused-ring (bicyclic) bond motifs is 2. The quantitative estimate of drug-likeness (QED) is 0.135.